The number of hydrogen-bond acceptors (Lipinski definition) is 6. The van der Waals surface area contributed by atoms with E-state index in [1.165, 1.54) is 13.2 Å². The summed E-state index contributed by atoms with van der Waals surface area (Å²) in [6.07, 6.45) is 0.432. The number of aldehydes is 1. The Morgan fingerprint density at radius 2 is 2.14 bits per heavy atom. The lowest BCUT2D eigenvalue weighted by atomic mass is 10.1. The largest absolute Gasteiger partial charge is 0.507 e. The normalized spacial score (nSPS) is 10.6. The van der Waals surface area contributed by atoms with Crippen LogP contribution in [0.4, 0.5) is 0 Å². The van der Waals surface area contributed by atoms with Crippen molar-refractivity contribution in [3.05, 3.63) is 39.2 Å². The molecule has 21 heavy (non-hydrogen) atoms. The zero-order chi connectivity index (χ0) is 15.6. The molecule has 0 atom stereocenters. The summed E-state index contributed by atoms with van der Waals surface area (Å²) in [4.78, 5) is 34.6. The average Bonchev–Trinajstić information content (AvgIpc) is 2.43. The van der Waals surface area contributed by atoms with E-state index in [0.717, 1.165) is 0 Å². The standard InChI is InChI=1S/C15H14O6/c1-8-5-10(17)14-12(6-8)21-11(3-4-13(18)20-2)9(7-16)15(14)19/h5-7,17H,3-4H2,1-2H3. The van der Waals surface area contributed by atoms with Crippen molar-refractivity contribution in [1.82, 2.24) is 0 Å². The van der Waals surface area contributed by atoms with Gasteiger partial charge in [0, 0.05) is 6.42 Å². The van der Waals surface area contributed by atoms with Crippen LogP contribution in [0.5, 0.6) is 5.75 Å². The van der Waals surface area contributed by atoms with Gasteiger partial charge in [0.25, 0.3) is 0 Å². The zero-order valence-corrected chi connectivity index (χ0v) is 11.6. The fraction of sp³-hybridized carbons (Fsp3) is 0.267. The van der Waals surface area contributed by atoms with Crippen LogP contribution in [0.25, 0.3) is 11.0 Å². The third kappa shape index (κ3) is 2.79. The Morgan fingerprint density at radius 3 is 2.76 bits per heavy atom. The lowest BCUT2D eigenvalue weighted by Gasteiger charge is -2.07. The second kappa shape index (κ2) is 5.78. The van der Waals surface area contributed by atoms with E-state index in [-0.39, 0.29) is 40.9 Å². The van der Waals surface area contributed by atoms with E-state index in [1.807, 2.05) is 0 Å². The van der Waals surface area contributed by atoms with Gasteiger partial charge in [-0.1, -0.05) is 0 Å². The van der Waals surface area contributed by atoms with Crippen LogP contribution in [-0.4, -0.2) is 24.5 Å². The number of carbonyl (C=O) groups is 2. The first-order valence-electron chi connectivity index (χ1n) is 6.29. The molecule has 0 aliphatic heterocycles. The summed E-state index contributed by atoms with van der Waals surface area (Å²) < 4.78 is 10.0. The first-order valence-corrected chi connectivity index (χ1v) is 6.29. The number of fused-ring (bicyclic) bond motifs is 1. The highest BCUT2D eigenvalue weighted by Crippen LogP contribution is 2.25. The summed E-state index contributed by atoms with van der Waals surface area (Å²) in [6.45, 7) is 1.74. The maximum Gasteiger partial charge on any atom is 0.305 e. The fourth-order valence-electron chi connectivity index (χ4n) is 2.11. The van der Waals surface area contributed by atoms with Gasteiger partial charge in [-0.25, -0.2) is 0 Å². The van der Waals surface area contributed by atoms with E-state index in [9.17, 15) is 19.5 Å². The lowest BCUT2D eigenvalue weighted by Crippen LogP contribution is -2.14. The minimum Gasteiger partial charge on any atom is -0.507 e. The molecule has 110 valence electrons. The predicted octanol–water partition coefficient (Wildman–Crippen LogP) is 1.73. The summed E-state index contributed by atoms with van der Waals surface area (Å²) in [5, 5.41) is 9.81. The molecule has 0 fully saturated rings. The zero-order valence-electron chi connectivity index (χ0n) is 11.6. The lowest BCUT2D eigenvalue weighted by molar-refractivity contribution is -0.140. The molecule has 0 amide bonds. The van der Waals surface area contributed by atoms with Gasteiger partial charge in [-0.2, -0.15) is 0 Å². The molecule has 0 saturated heterocycles. The summed E-state index contributed by atoms with van der Waals surface area (Å²) in [5.41, 5.74) is 0.0954. The van der Waals surface area contributed by atoms with Gasteiger partial charge >= 0.3 is 5.97 Å². The molecule has 1 N–H and O–H groups in total. The molecule has 0 radical (unpaired) electrons. The molecule has 1 aromatic heterocycles. The van der Waals surface area contributed by atoms with Gasteiger partial charge in [0.1, 0.15) is 28.0 Å². The number of aryl methyl sites for hydroxylation is 2. The maximum absolute atomic E-state index is 12.3. The molecule has 0 unspecified atom stereocenters. The highest BCUT2D eigenvalue weighted by Gasteiger charge is 2.17. The molecule has 0 bridgehead atoms. The molecule has 0 aliphatic carbocycles. The molecule has 1 heterocycles. The number of hydrogen-bond donors (Lipinski definition) is 1. The number of phenolic OH excluding ortho intramolecular Hbond substituents is 1. The number of ether oxygens (including phenoxy) is 1. The Bertz CT molecular complexity index is 772. The maximum atomic E-state index is 12.3. The Balaban J connectivity index is 2.63. The van der Waals surface area contributed by atoms with Gasteiger partial charge in [0.2, 0.25) is 5.43 Å². The van der Waals surface area contributed by atoms with Gasteiger partial charge < -0.3 is 14.3 Å². The fourth-order valence-corrected chi connectivity index (χ4v) is 2.11. The highest BCUT2D eigenvalue weighted by atomic mass is 16.5. The van der Waals surface area contributed by atoms with Crippen LogP contribution in [0.1, 0.15) is 28.1 Å². The average molecular weight is 290 g/mol. The van der Waals surface area contributed by atoms with Crippen molar-refractivity contribution in [1.29, 1.82) is 0 Å². The number of esters is 1. The number of phenols is 1. The summed E-state index contributed by atoms with van der Waals surface area (Å²) in [6, 6.07) is 3.01. The molecule has 0 aliphatic rings. The molecule has 2 aromatic rings. The monoisotopic (exact) mass is 290 g/mol. The molecule has 1 aromatic carbocycles. The van der Waals surface area contributed by atoms with Gasteiger partial charge in [-0.3, -0.25) is 14.4 Å². The second-order valence-electron chi connectivity index (χ2n) is 4.62. The van der Waals surface area contributed by atoms with Crippen LogP contribution in [0, 0.1) is 6.92 Å². The van der Waals surface area contributed by atoms with E-state index in [4.69, 9.17) is 4.42 Å². The molecular formula is C15H14O6. The van der Waals surface area contributed by atoms with E-state index >= 15 is 0 Å². The quantitative estimate of drug-likeness (QED) is 0.680. The van der Waals surface area contributed by atoms with Crippen LogP contribution in [0.3, 0.4) is 0 Å². The first-order chi connectivity index (χ1) is 9.97. The molecule has 6 nitrogen and oxygen atoms in total. The minimum atomic E-state index is -0.608. The summed E-state index contributed by atoms with van der Waals surface area (Å²) in [7, 11) is 1.25. The minimum absolute atomic E-state index is 0.0103. The van der Waals surface area contributed by atoms with Crippen LogP contribution in [0.15, 0.2) is 21.3 Å². The van der Waals surface area contributed by atoms with Gasteiger partial charge in [-0.15, -0.1) is 0 Å². The van der Waals surface area contributed by atoms with E-state index in [1.54, 1.807) is 13.0 Å². The number of carbonyl (C=O) groups excluding carboxylic acids is 2. The molecule has 0 saturated carbocycles. The van der Waals surface area contributed by atoms with Crippen molar-refractivity contribution < 1.29 is 23.8 Å². The number of benzene rings is 1. The Morgan fingerprint density at radius 1 is 1.43 bits per heavy atom. The SMILES string of the molecule is COC(=O)CCc1oc2cc(C)cc(O)c2c(=O)c1C=O. The van der Waals surface area contributed by atoms with Crippen molar-refractivity contribution in [2.45, 2.75) is 19.8 Å². The van der Waals surface area contributed by atoms with E-state index < -0.39 is 11.4 Å². The topological polar surface area (TPSA) is 93.8 Å². The third-order valence-electron chi connectivity index (χ3n) is 3.13. The molecular weight excluding hydrogens is 276 g/mol. The Kier molecular flexibility index (Phi) is 4.07. The van der Waals surface area contributed by atoms with Crippen molar-refractivity contribution in [3.8, 4) is 5.75 Å². The number of methoxy groups -OCH3 is 1. The predicted molar refractivity (Wildman–Crippen MR) is 74.6 cm³/mol. The smallest absolute Gasteiger partial charge is 0.305 e. The van der Waals surface area contributed by atoms with Gasteiger partial charge in [0.15, 0.2) is 6.29 Å². The highest BCUT2D eigenvalue weighted by molar-refractivity contribution is 5.89. The first kappa shape index (κ1) is 14.8. The molecule has 2 rings (SSSR count). The summed E-state index contributed by atoms with van der Waals surface area (Å²) >= 11 is 0. The van der Waals surface area contributed by atoms with Crippen LogP contribution in [0.2, 0.25) is 0 Å². The van der Waals surface area contributed by atoms with Crippen molar-refractivity contribution in [3.63, 3.8) is 0 Å². The second-order valence-corrected chi connectivity index (χ2v) is 4.62. The van der Waals surface area contributed by atoms with E-state index in [2.05, 4.69) is 4.74 Å². The van der Waals surface area contributed by atoms with Crippen molar-refractivity contribution >= 4 is 23.2 Å². The Hall–Kier alpha value is -2.63. The number of aromatic hydroxyl groups is 1. The van der Waals surface area contributed by atoms with Crippen LogP contribution >= 0.6 is 0 Å². The van der Waals surface area contributed by atoms with E-state index in [0.29, 0.717) is 11.8 Å². The van der Waals surface area contributed by atoms with Crippen molar-refractivity contribution in [2.75, 3.05) is 7.11 Å². The summed E-state index contributed by atoms with van der Waals surface area (Å²) in [5.74, 6) is -0.596. The Labute approximate surface area is 119 Å². The van der Waals surface area contributed by atoms with Crippen molar-refractivity contribution in [2.24, 2.45) is 0 Å². The molecule has 0 spiro atoms. The van der Waals surface area contributed by atoms with Crippen LogP contribution < -0.4 is 5.43 Å². The van der Waals surface area contributed by atoms with Gasteiger partial charge in [0.05, 0.1) is 13.5 Å². The third-order valence-corrected chi connectivity index (χ3v) is 3.13. The van der Waals surface area contributed by atoms with Crippen LogP contribution in [-0.2, 0) is 16.0 Å². The molecule has 6 heteroatoms. The number of rotatable bonds is 4. The van der Waals surface area contributed by atoms with Gasteiger partial charge in [-0.05, 0) is 24.6 Å².